The summed E-state index contributed by atoms with van der Waals surface area (Å²) in [5, 5.41) is 28.1. The van der Waals surface area contributed by atoms with Crippen LogP contribution < -0.4 is 35.3 Å². The van der Waals surface area contributed by atoms with Crippen LogP contribution in [0, 0.1) is 5.21 Å². The Kier molecular flexibility index (Phi) is 7.64. The Morgan fingerprint density at radius 3 is 2.55 bits per heavy atom. The largest absolute Gasteiger partial charge is 1.00 e. The van der Waals surface area contributed by atoms with E-state index in [0.717, 1.165) is 0 Å². The summed E-state index contributed by atoms with van der Waals surface area (Å²) in [7, 11) is 0. The summed E-state index contributed by atoms with van der Waals surface area (Å²) in [5.41, 5.74) is 4.88. The second-order valence-corrected chi connectivity index (χ2v) is 1.57. The molecule has 0 amide bonds. The molecule has 11 heavy (non-hydrogen) atoms. The summed E-state index contributed by atoms with van der Waals surface area (Å²) in [4.78, 5) is 9.73. The van der Waals surface area contributed by atoms with Gasteiger partial charge in [-0.25, -0.2) is 0 Å². The molecular weight excluding hydrogens is 165 g/mol. The van der Waals surface area contributed by atoms with Crippen molar-refractivity contribution in [1.82, 2.24) is 0 Å². The van der Waals surface area contributed by atoms with Crippen molar-refractivity contribution in [2.75, 3.05) is 6.54 Å². The Morgan fingerprint density at radius 1 is 1.82 bits per heavy atom. The first-order valence-corrected chi connectivity index (χ1v) is 2.36. The molecule has 7 nitrogen and oxygen atoms in total. The normalized spacial score (nSPS) is 13.4. The molecule has 0 aromatic rings. The number of hydrogen-bond donors (Lipinski definition) is 3. The Labute approximate surface area is 84.3 Å². The molecule has 0 bridgehead atoms. The molecule has 0 unspecified atom stereocenters. The standard InChI is InChI=1S/C3H7N3O4.Na/c4-2(3(7)8)1-6(10)5-9;/h2,9H,1,4H2,(H,7,8);/q;+1/b6-5+;/t2-;/m0./s1. The monoisotopic (exact) mass is 172 g/mol. The Hall–Kier alpha value is -0.370. The molecule has 0 radical (unpaired) electrons. The van der Waals surface area contributed by atoms with Crippen molar-refractivity contribution in [1.29, 1.82) is 0 Å². The van der Waals surface area contributed by atoms with Gasteiger partial charge in [0.15, 0.2) is 11.3 Å². The van der Waals surface area contributed by atoms with E-state index in [4.69, 9.17) is 16.0 Å². The van der Waals surface area contributed by atoms with Crippen LogP contribution in [0.5, 0.6) is 0 Å². The number of nitrogens with two attached hydrogens (primary N) is 1. The number of nitrogens with zero attached hydrogens (tertiary/aromatic N) is 2. The minimum absolute atomic E-state index is 0. The van der Waals surface area contributed by atoms with E-state index >= 15 is 0 Å². The molecule has 8 heteroatoms. The number of carbonyl (C=O) groups is 1. The zero-order valence-corrected chi connectivity index (χ0v) is 7.97. The van der Waals surface area contributed by atoms with Crippen LogP contribution >= 0.6 is 0 Å². The first-order chi connectivity index (χ1) is 4.57. The van der Waals surface area contributed by atoms with E-state index in [1.54, 1.807) is 0 Å². The first-order valence-electron chi connectivity index (χ1n) is 2.36. The van der Waals surface area contributed by atoms with Crippen LogP contribution in [0.1, 0.15) is 0 Å². The van der Waals surface area contributed by atoms with E-state index in [2.05, 4.69) is 5.28 Å². The molecule has 0 saturated heterocycles. The molecule has 0 fully saturated rings. The maximum Gasteiger partial charge on any atom is 1.00 e. The molecule has 0 aliphatic rings. The molecule has 0 heterocycles. The molecule has 0 spiro atoms. The van der Waals surface area contributed by atoms with Gasteiger partial charge in [0.1, 0.15) is 0 Å². The minimum atomic E-state index is -1.33. The van der Waals surface area contributed by atoms with Gasteiger partial charge in [-0.05, 0) is 0 Å². The second-order valence-electron chi connectivity index (χ2n) is 1.57. The van der Waals surface area contributed by atoms with Crippen molar-refractivity contribution >= 4 is 5.97 Å². The molecule has 0 aliphatic heterocycles. The van der Waals surface area contributed by atoms with Crippen LogP contribution in [0.2, 0.25) is 0 Å². The van der Waals surface area contributed by atoms with Crippen LogP contribution in [0.3, 0.4) is 0 Å². The quantitative estimate of drug-likeness (QED) is 0.172. The van der Waals surface area contributed by atoms with Gasteiger partial charge < -0.3 is 21.3 Å². The molecule has 0 aliphatic carbocycles. The number of rotatable bonds is 3. The van der Waals surface area contributed by atoms with Crippen molar-refractivity contribution in [3.63, 3.8) is 0 Å². The van der Waals surface area contributed by atoms with Crippen molar-refractivity contribution in [3.05, 3.63) is 5.21 Å². The van der Waals surface area contributed by atoms with E-state index in [0.29, 0.717) is 0 Å². The van der Waals surface area contributed by atoms with Crippen LogP contribution in [0.25, 0.3) is 0 Å². The molecular formula is C3H7N3NaO4+. The summed E-state index contributed by atoms with van der Waals surface area (Å²) in [5.74, 6) is -1.32. The molecule has 1 atom stereocenters. The Balaban J connectivity index is 0. The summed E-state index contributed by atoms with van der Waals surface area (Å²) < 4.78 is 0. The van der Waals surface area contributed by atoms with E-state index in [-0.39, 0.29) is 34.4 Å². The molecule has 58 valence electrons. The van der Waals surface area contributed by atoms with Gasteiger partial charge in [-0.3, -0.25) is 4.79 Å². The van der Waals surface area contributed by atoms with Crippen LogP contribution in [0.15, 0.2) is 5.28 Å². The number of hydrogen-bond acceptors (Lipinski definition) is 4. The number of hydroxylamine groups is 1. The number of carboxylic acid groups (broad SMARTS) is 1. The van der Waals surface area contributed by atoms with Gasteiger partial charge in [-0.1, -0.05) is 4.86 Å². The number of carboxylic acids is 1. The Bertz CT molecular complexity index is 161. The summed E-state index contributed by atoms with van der Waals surface area (Å²) in [6.07, 6.45) is 0. The fourth-order valence-corrected chi connectivity index (χ4v) is 0.283. The molecule has 0 aromatic heterocycles. The summed E-state index contributed by atoms with van der Waals surface area (Å²) >= 11 is 0. The van der Waals surface area contributed by atoms with Crippen molar-refractivity contribution in [2.24, 2.45) is 11.0 Å². The molecule has 0 saturated carbocycles. The average molecular weight is 172 g/mol. The SMILES string of the molecule is N[C@@H](C/[N+]([O-])=N\O)C(=O)O.[Na+]. The first kappa shape index (κ1) is 13.2. The Morgan fingerprint density at radius 2 is 2.27 bits per heavy atom. The maximum absolute atomic E-state index is 10.1. The topological polar surface area (TPSA) is 122 Å². The smallest absolute Gasteiger partial charge is 0.597 e. The number of aliphatic carboxylic acids is 1. The third-order valence-corrected chi connectivity index (χ3v) is 0.770. The third-order valence-electron chi connectivity index (χ3n) is 0.770. The fourth-order valence-electron chi connectivity index (χ4n) is 0.283. The van der Waals surface area contributed by atoms with Crippen LogP contribution in [-0.4, -0.2) is 33.7 Å². The second kappa shape index (κ2) is 6.35. The van der Waals surface area contributed by atoms with Gasteiger partial charge in [0.2, 0.25) is 6.54 Å². The average Bonchev–Trinajstić information content (AvgIpc) is 1.87. The molecule has 0 aromatic carbocycles. The van der Waals surface area contributed by atoms with Crippen molar-refractivity contribution in [3.8, 4) is 0 Å². The minimum Gasteiger partial charge on any atom is -0.597 e. The van der Waals surface area contributed by atoms with Crippen molar-refractivity contribution in [2.45, 2.75) is 6.04 Å². The molecule has 0 rings (SSSR count). The fraction of sp³-hybridized carbons (Fsp3) is 0.667. The van der Waals surface area contributed by atoms with Crippen LogP contribution in [-0.2, 0) is 4.79 Å². The maximum atomic E-state index is 10.1. The van der Waals surface area contributed by atoms with Gasteiger partial charge in [0.25, 0.3) is 0 Å². The van der Waals surface area contributed by atoms with E-state index in [1.165, 1.54) is 0 Å². The van der Waals surface area contributed by atoms with Gasteiger partial charge in [0.05, 0.1) is 0 Å². The van der Waals surface area contributed by atoms with E-state index in [1.807, 2.05) is 0 Å². The van der Waals surface area contributed by atoms with Gasteiger partial charge in [0, 0.05) is 0 Å². The van der Waals surface area contributed by atoms with Gasteiger partial charge in [-0.2, -0.15) is 0 Å². The van der Waals surface area contributed by atoms with Crippen molar-refractivity contribution < 1.29 is 49.5 Å². The zero-order chi connectivity index (χ0) is 8.15. The third kappa shape index (κ3) is 6.05. The van der Waals surface area contributed by atoms with E-state index < -0.39 is 18.6 Å². The molecule has 4 N–H and O–H groups in total. The summed E-state index contributed by atoms with van der Waals surface area (Å²) in [6.45, 7) is -0.564. The van der Waals surface area contributed by atoms with Crippen LogP contribution in [0.4, 0.5) is 0 Å². The predicted molar refractivity (Wildman–Crippen MR) is 28.3 cm³/mol. The zero-order valence-electron chi connectivity index (χ0n) is 5.97. The van der Waals surface area contributed by atoms with E-state index in [9.17, 15) is 10.0 Å². The predicted octanol–water partition coefficient (Wildman–Crippen LogP) is -4.25. The van der Waals surface area contributed by atoms with Gasteiger partial charge in [-0.15, -0.1) is 0 Å². The van der Waals surface area contributed by atoms with Gasteiger partial charge >= 0.3 is 35.5 Å². The summed E-state index contributed by atoms with van der Waals surface area (Å²) in [6, 6.07) is -1.33.